The molecule has 0 spiro atoms. The van der Waals surface area contributed by atoms with E-state index in [4.69, 9.17) is 78.2 Å². The van der Waals surface area contributed by atoms with Crippen LogP contribution in [0.25, 0.3) is 22.8 Å². The fraction of sp³-hybridized carbons (Fsp3) is 0.205. The van der Waals surface area contributed by atoms with Gasteiger partial charge in [-0.3, -0.25) is 19.0 Å². The van der Waals surface area contributed by atoms with Gasteiger partial charge in [0.05, 0.1) is 37.3 Å². The fourth-order valence-corrected chi connectivity index (χ4v) is 7.98. The molecule has 9 nitrogen and oxygen atoms in total. The van der Waals surface area contributed by atoms with Crippen molar-refractivity contribution in [3.8, 4) is 17.1 Å². The van der Waals surface area contributed by atoms with Crippen LogP contribution in [0.4, 0.5) is 5.69 Å². The van der Waals surface area contributed by atoms with E-state index in [1.165, 1.54) is 12.2 Å². The van der Waals surface area contributed by atoms with Crippen LogP contribution in [0.3, 0.4) is 0 Å². The minimum absolute atomic E-state index is 0.00627. The number of hydrogen-bond donors (Lipinski definition) is 1. The normalized spacial score (nSPS) is 15.6. The number of allylic oxidation sites excluding steroid dienone is 3. The Morgan fingerprint density at radius 2 is 1.37 bits per heavy atom. The van der Waals surface area contributed by atoms with E-state index in [2.05, 4.69) is 36.9 Å². The third-order valence-electron chi connectivity index (χ3n) is 8.50. The van der Waals surface area contributed by atoms with Crippen molar-refractivity contribution < 1.29 is 23.9 Å². The van der Waals surface area contributed by atoms with Crippen LogP contribution in [-0.4, -0.2) is 49.8 Å². The van der Waals surface area contributed by atoms with Crippen LogP contribution in [-0.2, 0) is 23.9 Å². The Hall–Kier alpha value is -3.94. The highest BCUT2D eigenvalue weighted by Gasteiger charge is 2.32. The topological polar surface area (TPSA) is 126 Å². The Morgan fingerprint density at radius 3 is 1.95 bits per heavy atom. The monoisotopic (exact) mass is 1030 g/mol. The van der Waals surface area contributed by atoms with Crippen LogP contribution in [0.2, 0.25) is 20.1 Å². The van der Waals surface area contributed by atoms with Crippen molar-refractivity contribution in [1.29, 1.82) is 0 Å². The number of nitrogens with zero attached hydrogens (tertiary/aromatic N) is 3. The first-order chi connectivity index (χ1) is 28.3. The van der Waals surface area contributed by atoms with E-state index < -0.39 is 11.2 Å². The average Bonchev–Trinajstić information content (AvgIpc) is 3.60. The number of aromatic nitrogens is 2. The quantitative estimate of drug-likeness (QED) is 0.0977. The number of ether oxygens (including phenoxy) is 2. The Bertz CT molecular complexity index is 2550. The lowest BCUT2D eigenvalue weighted by atomic mass is 9.98. The number of ketones is 3. The van der Waals surface area contributed by atoms with Gasteiger partial charge < -0.3 is 15.2 Å². The third-order valence-corrected chi connectivity index (χ3v) is 11.0. The van der Waals surface area contributed by atoms with Gasteiger partial charge in [0, 0.05) is 51.3 Å². The number of benzene rings is 4. The summed E-state index contributed by atoms with van der Waals surface area (Å²) in [5, 5.41) is 2.20. The molecule has 0 fully saturated rings. The predicted octanol–water partition coefficient (Wildman–Crippen LogP) is 13.0. The Kier molecular flexibility index (Phi) is 15.9. The van der Waals surface area contributed by atoms with Crippen LogP contribution >= 0.6 is 89.9 Å². The zero-order valence-electron chi connectivity index (χ0n) is 32.5. The number of nitrogens with two attached hydrogens (primary N) is 1. The Morgan fingerprint density at radius 1 is 0.783 bits per heavy atom. The lowest BCUT2D eigenvalue weighted by Crippen LogP contribution is -2.33. The molecule has 7 rings (SSSR count). The van der Waals surface area contributed by atoms with Crippen molar-refractivity contribution in [2.75, 3.05) is 5.88 Å². The molecule has 2 aliphatic rings. The van der Waals surface area contributed by atoms with Crippen LogP contribution in [0.5, 0.6) is 0 Å². The number of carbonyl (C=O) groups is 3. The van der Waals surface area contributed by atoms with Gasteiger partial charge in [0.2, 0.25) is 5.78 Å². The number of amidine groups is 1. The van der Waals surface area contributed by atoms with Crippen molar-refractivity contribution in [2.45, 2.75) is 51.7 Å². The van der Waals surface area contributed by atoms with Gasteiger partial charge in [-0.05, 0) is 88.4 Å². The maximum Gasteiger partial charge on any atom is 0.212 e. The highest BCUT2D eigenvalue weighted by Crippen LogP contribution is 2.37. The molecule has 0 amide bonds. The molecule has 312 valence electrons. The summed E-state index contributed by atoms with van der Waals surface area (Å²) in [6.07, 6.45) is 5.15. The molecule has 0 radical (unpaired) electrons. The van der Waals surface area contributed by atoms with Gasteiger partial charge in [0.15, 0.2) is 23.1 Å². The lowest BCUT2D eigenvalue weighted by molar-refractivity contribution is -0.128. The first-order valence-corrected chi connectivity index (χ1v) is 21.7. The van der Waals surface area contributed by atoms with Crippen molar-refractivity contribution in [2.24, 2.45) is 10.7 Å². The number of imidazole rings is 1. The van der Waals surface area contributed by atoms with Gasteiger partial charge in [0.25, 0.3) is 0 Å². The number of carbonyl (C=O) groups excluding carboxylic acids is 3. The zero-order chi connectivity index (χ0) is 43.9. The maximum absolute atomic E-state index is 12.2. The molecule has 2 aliphatic heterocycles. The molecule has 0 saturated heterocycles. The van der Waals surface area contributed by atoms with Gasteiger partial charge in [-0.25, -0.2) is 9.98 Å². The van der Waals surface area contributed by atoms with Crippen molar-refractivity contribution in [3.05, 3.63) is 149 Å². The van der Waals surface area contributed by atoms with Crippen molar-refractivity contribution in [1.82, 2.24) is 9.55 Å². The van der Waals surface area contributed by atoms with Gasteiger partial charge in [-0.15, -0.1) is 11.6 Å². The summed E-state index contributed by atoms with van der Waals surface area (Å²) in [6.45, 7) is 7.30. The summed E-state index contributed by atoms with van der Waals surface area (Å²) in [7, 11) is 0. The van der Waals surface area contributed by atoms with E-state index in [1.54, 1.807) is 32.0 Å². The highest BCUT2D eigenvalue weighted by molar-refractivity contribution is 9.10. The van der Waals surface area contributed by atoms with Gasteiger partial charge >= 0.3 is 0 Å². The van der Waals surface area contributed by atoms with Crippen molar-refractivity contribution in [3.63, 3.8) is 0 Å². The minimum atomic E-state index is -0.594. The van der Waals surface area contributed by atoms with E-state index in [-0.39, 0.29) is 29.0 Å². The molecule has 60 heavy (non-hydrogen) atoms. The molecule has 5 aromatic rings. The molecule has 0 bridgehead atoms. The van der Waals surface area contributed by atoms with E-state index >= 15 is 0 Å². The molecular formula is C44H37Br2Cl5N4O5. The summed E-state index contributed by atoms with van der Waals surface area (Å²) in [5.41, 5.74) is 8.08. The van der Waals surface area contributed by atoms with Gasteiger partial charge in [-0.2, -0.15) is 0 Å². The summed E-state index contributed by atoms with van der Waals surface area (Å²) in [5.74, 6) is 0.872. The number of hydrogen-bond acceptors (Lipinski definition) is 7. The summed E-state index contributed by atoms with van der Waals surface area (Å²) < 4.78 is 15.0. The lowest BCUT2D eigenvalue weighted by Gasteiger charge is -2.29. The average molecular weight is 1040 g/mol. The summed E-state index contributed by atoms with van der Waals surface area (Å²) in [6, 6.07) is 25.7. The number of halogens is 7. The molecule has 0 unspecified atom stereocenters. The molecule has 4 aromatic carbocycles. The largest absolute Gasteiger partial charge is 0.485 e. The first kappa shape index (κ1) is 47.1. The van der Waals surface area contributed by atoms with Crippen LogP contribution in [0, 0.1) is 0 Å². The second-order valence-corrected chi connectivity index (χ2v) is 18.3. The molecule has 16 heteroatoms. The number of rotatable bonds is 7. The molecule has 2 N–H and O–H groups in total. The number of aliphatic imine (C=N–C) groups is 1. The minimum Gasteiger partial charge on any atom is -0.485 e. The maximum atomic E-state index is 12.2. The molecule has 3 heterocycles. The fourth-order valence-electron chi connectivity index (χ4n) is 5.91. The summed E-state index contributed by atoms with van der Waals surface area (Å²) in [4.78, 5) is 43.5. The van der Waals surface area contributed by atoms with E-state index in [0.717, 1.165) is 20.2 Å². The van der Waals surface area contributed by atoms with Gasteiger partial charge in [0.1, 0.15) is 28.6 Å². The predicted molar refractivity (Wildman–Crippen MR) is 249 cm³/mol. The molecule has 1 aromatic heterocycles. The number of Topliss-reactive ketones (excluding diaryl/α,β-unsaturated/α-hetero) is 1. The zero-order valence-corrected chi connectivity index (χ0v) is 39.5. The van der Waals surface area contributed by atoms with Crippen LogP contribution < -0.4 is 5.73 Å². The van der Waals surface area contributed by atoms with E-state index in [1.807, 2.05) is 91.3 Å². The van der Waals surface area contributed by atoms with Crippen molar-refractivity contribution >= 4 is 124 Å². The smallest absolute Gasteiger partial charge is 0.212 e. The molecular weight excluding hydrogens is 1000 g/mol. The molecule has 0 atom stereocenters. The summed E-state index contributed by atoms with van der Waals surface area (Å²) >= 11 is 37.2. The first-order valence-electron chi connectivity index (χ1n) is 18.1. The molecule has 0 saturated carbocycles. The van der Waals surface area contributed by atoms with E-state index in [0.29, 0.717) is 67.3 Å². The van der Waals surface area contributed by atoms with E-state index in [9.17, 15) is 14.4 Å². The Labute approximate surface area is 389 Å². The molecule has 0 aliphatic carbocycles. The highest BCUT2D eigenvalue weighted by atomic mass is 79.9. The van der Waals surface area contributed by atoms with Gasteiger partial charge in [-0.1, -0.05) is 103 Å². The Balaban J connectivity index is 0.000000188. The third kappa shape index (κ3) is 12.6. The second-order valence-electron chi connectivity index (χ2n) is 14.6. The van der Waals surface area contributed by atoms with Crippen LogP contribution in [0.15, 0.2) is 123 Å². The number of alkyl halides is 1. The second kappa shape index (κ2) is 20.3. The SMILES string of the molecule is CC1(C)CC(=O)C=C(C(=O)CCl)O1.CC1(C)CC(=O)C=C(c2cn(-c3ccc(Br)cc3Cl)c(-c3ccccc3Cl)n2)O1.NC(=Nc1ccc(Br)cc1Cl)c1ccccc1Cl. The van der Waals surface area contributed by atoms with Crippen LogP contribution in [0.1, 0.15) is 51.8 Å². The standard InChI is InChI=1S/C22H17BrCl2N2O2.C13H9BrCl2N2.C9H11ClO3/c1-22(2)11-14(28)10-20(29-22)18-12-27(19-8-7-13(23)9-17(19)25)21(26-18)15-5-3-4-6-16(15)24;14-8-5-6-12(11(16)7-8)18-13(17)9-3-1-2-4-10(9)15;1-9(2)4-6(11)3-8(13-9)7(12)5-10/h3-10,12H,11H2,1-2H3;1-7H,(H2,17,18);3H,4-5H2,1-2H3.